The lowest BCUT2D eigenvalue weighted by atomic mass is 10.2. The molecule has 25 heavy (non-hydrogen) atoms. The van der Waals surface area contributed by atoms with Crippen molar-refractivity contribution in [3.8, 4) is 0 Å². The molecule has 0 aliphatic heterocycles. The predicted molar refractivity (Wildman–Crippen MR) is 102 cm³/mol. The fourth-order valence-corrected chi connectivity index (χ4v) is 3.85. The minimum absolute atomic E-state index is 0.0205. The zero-order valence-electron chi connectivity index (χ0n) is 14.4. The second-order valence-corrected chi connectivity index (χ2v) is 7.87. The molecule has 134 valence electrons. The van der Waals surface area contributed by atoms with Gasteiger partial charge in [0.25, 0.3) is 5.56 Å². The first-order valence-electron chi connectivity index (χ1n) is 8.62. The summed E-state index contributed by atoms with van der Waals surface area (Å²) in [6.45, 7) is 4.63. The second-order valence-electron chi connectivity index (χ2n) is 6.49. The zero-order valence-corrected chi connectivity index (χ0v) is 16.0. The van der Waals surface area contributed by atoms with E-state index in [1.807, 2.05) is 13.8 Å². The average molecular weight is 380 g/mol. The summed E-state index contributed by atoms with van der Waals surface area (Å²) < 4.78 is 1.65. The summed E-state index contributed by atoms with van der Waals surface area (Å²) in [6.07, 6.45) is 3.20. The SMILES string of the molecule is CCCn1c(SCC(=O)N[C@@H](C)C2CC2)nc2cc(Cl)ccc2c1=O. The number of halogens is 1. The number of hydrogen-bond acceptors (Lipinski definition) is 4. The Morgan fingerprint density at radius 3 is 2.92 bits per heavy atom. The van der Waals surface area contributed by atoms with Crippen LogP contribution in [0.1, 0.15) is 33.1 Å². The number of carbonyl (C=O) groups excluding carboxylic acids is 1. The van der Waals surface area contributed by atoms with Crippen molar-refractivity contribution in [3.05, 3.63) is 33.6 Å². The quantitative estimate of drug-likeness (QED) is 0.591. The van der Waals surface area contributed by atoms with Gasteiger partial charge in [0.05, 0.1) is 16.7 Å². The molecule has 1 saturated carbocycles. The first kappa shape index (κ1) is 18.3. The van der Waals surface area contributed by atoms with Crippen LogP contribution in [0.25, 0.3) is 10.9 Å². The Kier molecular flexibility index (Phi) is 5.69. The van der Waals surface area contributed by atoms with Crippen LogP contribution in [0.15, 0.2) is 28.2 Å². The minimum atomic E-state index is -0.0854. The molecule has 2 aromatic rings. The van der Waals surface area contributed by atoms with Crippen LogP contribution in [0.5, 0.6) is 0 Å². The number of benzene rings is 1. The minimum Gasteiger partial charge on any atom is -0.353 e. The fraction of sp³-hybridized carbons (Fsp3) is 0.500. The van der Waals surface area contributed by atoms with Gasteiger partial charge < -0.3 is 5.32 Å². The van der Waals surface area contributed by atoms with Crippen LogP contribution in [-0.4, -0.2) is 27.3 Å². The van der Waals surface area contributed by atoms with Crippen LogP contribution in [0.2, 0.25) is 5.02 Å². The van der Waals surface area contributed by atoms with Gasteiger partial charge in [-0.1, -0.05) is 30.3 Å². The molecule has 0 unspecified atom stereocenters. The Labute approximate surface area is 156 Å². The molecule has 1 aromatic carbocycles. The Morgan fingerprint density at radius 2 is 2.24 bits per heavy atom. The van der Waals surface area contributed by atoms with Crippen molar-refractivity contribution in [2.45, 2.75) is 50.9 Å². The first-order valence-corrected chi connectivity index (χ1v) is 9.98. The van der Waals surface area contributed by atoms with Crippen molar-refractivity contribution in [2.75, 3.05) is 5.75 Å². The largest absolute Gasteiger partial charge is 0.353 e. The summed E-state index contributed by atoms with van der Waals surface area (Å²) in [5, 5.41) is 4.69. The van der Waals surface area contributed by atoms with Crippen LogP contribution in [-0.2, 0) is 11.3 Å². The fourth-order valence-electron chi connectivity index (χ4n) is 2.84. The summed E-state index contributed by atoms with van der Waals surface area (Å²) in [4.78, 5) is 29.5. The van der Waals surface area contributed by atoms with E-state index in [0.29, 0.717) is 33.5 Å². The van der Waals surface area contributed by atoms with Crippen molar-refractivity contribution >= 4 is 40.2 Å². The van der Waals surface area contributed by atoms with Crippen LogP contribution < -0.4 is 10.9 Å². The number of thioether (sulfide) groups is 1. The van der Waals surface area contributed by atoms with Crippen molar-refractivity contribution in [3.63, 3.8) is 0 Å². The monoisotopic (exact) mass is 379 g/mol. The van der Waals surface area contributed by atoms with Gasteiger partial charge >= 0.3 is 0 Å². The molecule has 0 spiro atoms. The van der Waals surface area contributed by atoms with Gasteiger partial charge in [-0.2, -0.15) is 0 Å². The molecule has 3 rings (SSSR count). The van der Waals surface area contributed by atoms with E-state index in [9.17, 15) is 9.59 Å². The van der Waals surface area contributed by atoms with Gasteiger partial charge in [0.1, 0.15) is 0 Å². The number of carbonyl (C=O) groups is 1. The molecular weight excluding hydrogens is 358 g/mol. The molecule has 1 atom stereocenters. The lowest BCUT2D eigenvalue weighted by Gasteiger charge is -2.14. The van der Waals surface area contributed by atoms with Gasteiger partial charge in [-0.3, -0.25) is 14.2 Å². The Bertz CT molecular complexity index is 848. The molecule has 7 heteroatoms. The molecule has 1 N–H and O–H groups in total. The average Bonchev–Trinajstić information content (AvgIpc) is 3.40. The van der Waals surface area contributed by atoms with Crippen molar-refractivity contribution in [2.24, 2.45) is 5.92 Å². The number of aromatic nitrogens is 2. The maximum absolute atomic E-state index is 12.7. The highest BCUT2D eigenvalue weighted by Crippen LogP contribution is 2.32. The van der Waals surface area contributed by atoms with Crippen LogP contribution in [0.4, 0.5) is 0 Å². The number of hydrogen-bond donors (Lipinski definition) is 1. The van der Waals surface area contributed by atoms with Gasteiger partial charge in [-0.25, -0.2) is 4.98 Å². The van der Waals surface area contributed by atoms with Crippen molar-refractivity contribution in [1.29, 1.82) is 0 Å². The summed E-state index contributed by atoms with van der Waals surface area (Å²) in [6, 6.07) is 5.31. The van der Waals surface area contributed by atoms with E-state index >= 15 is 0 Å². The summed E-state index contributed by atoms with van der Waals surface area (Å²) in [5.41, 5.74) is 0.483. The summed E-state index contributed by atoms with van der Waals surface area (Å²) >= 11 is 7.33. The van der Waals surface area contributed by atoms with Crippen LogP contribution in [0, 0.1) is 5.92 Å². The first-order chi connectivity index (χ1) is 12.0. The molecule has 1 aromatic heterocycles. The predicted octanol–water partition coefficient (Wildman–Crippen LogP) is 3.47. The standard InChI is InChI=1S/C18H22ClN3O2S/c1-3-8-22-17(24)14-7-6-13(19)9-15(14)21-18(22)25-10-16(23)20-11(2)12-4-5-12/h6-7,9,11-12H,3-5,8,10H2,1-2H3,(H,20,23)/t11-/m0/s1. The Morgan fingerprint density at radius 1 is 1.48 bits per heavy atom. The number of amides is 1. The van der Waals surface area contributed by atoms with Gasteiger partial charge in [-0.05, 0) is 50.3 Å². The van der Waals surface area contributed by atoms with Gasteiger partial charge in [-0.15, -0.1) is 0 Å². The number of nitrogens with zero attached hydrogens (tertiary/aromatic N) is 2. The van der Waals surface area contributed by atoms with Crippen molar-refractivity contribution in [1.82, 2.24) is 14.9 Å². The number of nitrogens with one attached hydrogen (secondary N) is 1. The van der Waals surface area contributed by atoms with E-state index in [1.54, 1.807) is 22.8 Å². The molecule has 1 amide bonds. The van der Waals surface area contributed by atoms with E-state index in [-0.39, 0.29) is 23.3 Å². The lowest BCUT2D eigenvalue weighted by Crippen LogP contribution is -2.35. The number of rotatable bonds is 7. The summed E-state index contributed by atoms with van der Waals surface area (Å²) in [5.74, 6) is 0.847. The van der Waals surface area contributed by atoms with Crippen LogP contribution in [0.3, 0.4) is 0 Å². The van der Waals surface area contributed by atoms with E-state index in [4.69, 9.17) is 11.6 Å². The van der Waals surface area contributed by atoms with E-state index in [0.717, 1.165) is 6.42 Å². The second kappa shape index (κ2) is 7.79. The smallest absolute Gasteiger partial charge is 0.262 e. The van der Waals surface area contributed by atoms with E-state index < -0.39 is 0 Å². The highest BCUT2D eigenvalue weighted by molar-refractivity contribution is 7.99. The lowest BCUT2D eigenvalue weighted by molar-refractivity contribution is -0.119. The third-order valence-corrected chi connectivity index (χ3v) is 5.59. The molecule has 1 heterocycles. The maximum atomic E-state index is 12.7. The van der Waals surface area contributed by atoms with E-state index in [2.05, 4.69) is 10.3 Å². The Hall–Kier alpha value is -1.53. The molecule has 1 fully saturated rings. The molecule has 0 radical (unpaired) electrons. The highest BCUT2D eigenvalue weighted by Gasteiger charge is 2.28. The molecule has 1 aliphatic carbocycles. The highest BCUT2D eigenvalue weighted by atomic mass is 35.5. The van der Waals surface area contributed by atoms with Gasteiger partial charge in [0.2, 0.25) is 5.91 Å². The maximum Gasteiger partial charge on any atom is 0.262 e. The molecule has 0 saturated heterocycles. The zero-order chi connectivity index (χ0) is 18.0. The van der Waals surface area contributed by atoms with Gasteiger partial charge in [0.15, 0.2) is 5.16 Å². The third kappa shape index (κ3) is 4.36. The topological polar surface area (TPSA) is 64.0 Å². The molecule has 1 aliphatic rings. The number of fused-ring (bicyclic) bond motifs is 1. The molecular formula is C18H22ClN3O2S. The molecule has 0 bridgehead atoms. The molecule has 5 nitrogen and oxygen atoms in total. The van der Waals surface area contributed by atoms with Crippen molar-refractivity contribution < 1.29 is 4.79 Å². The summed E-state index contributed by atoms with van der Waals surface area (Å²) in [7, 11) is 0. The van der Waals surface area contributed by atoms with E-state index in [1.165, 1.54) is 24.6 Å². The van der Waals surface area contributed by atoms with Gasteiger partial charge in [0, 0.05) is 17.6 Å². The van der Waals surface area contributed by atoms with Crippen LogP contribution >= 0.6 is 23.4 Å². The Balaban J connectivity index is 1.82. The third-order valence-electron chi connectivity index (χ3n) is 4.38. The normalized spacial score (nSPS) is 15.3.